The molecule has 0 saturated heterocycles. The van der Waals surface area contributed by atoms with Gasteiger partial charge in [-0.1, -0.05) is 30.3 Å². The number of methoxy groups -OCH3 is 2. The zero-order valence-corrected chi connectivity index (χ0v) is 15.3. The standard InChI is InChI=1S/C20H20N4O3/c1-13(14-7-5-4-6-8-14)21-24-20(25)18-12-17(22-23-18)16-10-9-15(26-2)11-19(16)27-3/h4-12H,1-3H3,(H,22,23)(H,24,25)/b21-13-. The minimum absolute atomic E-state index is 0.299. The third-order valence-electron chi connectivity index (χ3n) is 4.02. The lowest BCUT2D eigenvalue weighted by molar-refractivity contribution is 0.0950. The van der Waals surface area contributed by atoms with Gasteiger partial charge in [-0.25, -0.2) is 5.43 Å². The van der Waals surface area contributed by atoms with E-state index in [1.807, 2.05) is 43.3 Å². The first-order valence-electron chi connectivity index (χ1n) is 8.30. The molecule has 0 aliphatic heterocycles. The van der Waals surface area contributed by atoms with Crippen molar-refractivity contribution < 1.29 is 14.3 Å². The van der Waals surface area contributed by atoms with E-state index in [0.29, 0.717) is 28.6 Å². The molecular formula is C20H20N4O3. The molecule has 0 aliphatic rings. The van der Waals surface area contributed by atoms with Crippen molar-refractivity contribution in [3.8, 4) is 22.8 Å². The lowest BCUT2D eigenvalue weighted by Crippen LogP contribution is -2.19. The van der Waals surface area contributed by atoms with E-state index in [1.54, 1.807) is 32.4 Å². The quantitative estimate of drug-likeness (QED) is 0.519. The molecule has 27 heavy (non-hydrogen) atoms. The molecule has 0 radical (unpaired) electrons. The summed E-state index contributed by atoms with van der Waals surface area (Å²) in [7, 11) is 3.16. The second-order valence-electron chi connectivity index (χ2n) is 5.74. The average Bonchev–Trinajstić information content (AvgIpc) is 3.22. The number of aromatic nitrogens is 2. The number of hydrogen-bond acceptors (Lipinski definition) is 5. The largest absolute Gasteiger partial charge is 0.497 e. The van der Waals surface area contributed by atoms with E-state index >= 15 is 0 Å². The SMILES string of the molecule is COc1ccc(-c2cc(C(=O)N/N=C(/C)c3ccccc3)[nH]n2)c(OC)c1. The fourth-order valence-corrected chi connectivity index (χ4v) is 2.52. The Kier molecular flexibility index (Phi) is 5.51. The maximum Gasteiger partial charge on any atom is 0.289 e. The van der Waals surface area contributed by atoms with Crippen LogP contribution in [0.3, 0.4) is 0 Å². The van der Waals surface area contributed by atoms with E-state index in [0.717, 1.165) is 11.1 Å². The fraction of sp³-hybridized carbons (Fsp3) is 0.150. The highest BCUT2D eigenvalue weighted by Gasteiger charge is 2.14. The van der Waals surface area contributed by atoms with Gasteiger partial charge in [-0.15, -0.1) is 0 Å². The summed E-state index contributed by atoms with van der Waals surface area (Å²) in [5.74, 6) is 0.900. The predicted molar refractivity (Wildman–Crippen MR) is 103 cm³/mol. The van der Waals surface area contributed by atoms with Gasteiger partial charge in [-0.05, 0) is 30.7 Å². The van der Waals surface area contributed by atoms with Gasteiger partial charge in [0, 0.05) is 11.6 Å². The maximum atomic E-state index is 12.3. The number of amides is 1. The molecule has 0 fully saturated rings. The Morgan fingerprint density at radius 1 is 1.07 bits per heavy atom. The van der Waals surface area contributed by atoms with Crippen molar-refractivity contribution >= 4 is 11.6 Å². The number of benzene rings is 2. The number of nitrogens with one attached hydrogen (secondary N) is 2. The number of carbonyl (C=O) groups is 1. The van der Waals surface area contributed by atoms with Crippen molar-refractivity contribution in [1.82, 2.24) is 15.6 Å². The lowest BCUT2D eigenvalue weighted by Gasteiger charge is -2.08. The predicted octanol–water partition coefficient (Wildman–Crippen LogP) is 3.25. The van der Waals surface area contributed by atoms with Crippen LogP contribution in [-0.4, -0.2) is 36.0 Å². The van der Waals surface area contributed by atoms with Gasteiger partial charge in [-0.3, -0.25) is 9.89 Å². The molecule has 1 amide bonds. The van der Waals surface area contributed by atoms with E-state index in [9.17, 15) is 4.79 Å². The summed E-state index contributed by atoms with van der Waals surface area (Å²) in [5, 5.41) is 11.1. The van der Waals surface area contributed by atoms with Gasteiger partial charge in [0.25, 0.3) is 5.91 Å². The summed E-state index contributed by atoms with van der Waals surface area (Å²) in [6, 6.07) is 16.6. The molecule has 0 spiro atoms. The van der Waals surface area contributed by atoms with Crippen LogP contribution >= 0.6 is 0 Å². The van der Waals surface area contributed by atoms with Crippen LogP contribution in [0.2, 0.25) is 0 Å². The molecule has 2 N–H and O–H groups in total. The summed E-state index contributed by atoms with van der Waals surface area (Å²) in [6.45, 7) is 1.83. The fourth-order valence-electron chi connectivity index (χ4n) is 2.52. The van der Waals surface area contributed by atoms with Gasteiger partial charge >= 0.3 is 0 Å². The van der Waals surface area contributed by atoms with Gasteiger partial charge in [0.05, 0.1) is 25.6 Å². The first-order valence-corrected chi connectivity index (χ1v) is 8.30. The van der Waals surface area contributed by atoms with Gasteiger partial charge < -0.3 is 9.47 Å². The summed E-state index contributed by atoms with van der Waals surface area (Å²) < 4.78 is 10.6. The summed E-state index contributed by atoms with van der Waals surface area (Å²) in [5.41, 5.74) is 5.81. The molecule has 7 heteroatoms. The smallest absolute Gasteiger partial charge is 0.289 e. The second kappa shape index (κ2) is 8.18. The van der Waals surface area contributed by atoms with E-state index < -0.39 is 0 Å². The number of ether oxygens (including phenoxy) is 2. The van der Waals surface area contributed by atoms with Crippen LogP contribution < -0.4 is 14.9 Å². The molecule has 0 saturated carbocycles. The van der Waals surface area contributed by atoms with Crippen LogP contribution in [0.5, 0.6) is 11.5 Å². The molecule has 1 heterocycles. The van der Waals surface area contributed by atoms with Crippen molar-refractivity contribution in [1.29, 1.82) is 0 Å². The van der Waals surface area contributed by atoms with Crippen LogP contribution in [0.1, 0.15) is 23.0 Å². The number of hydrogen-bond donors (Lipinski definition) is 2. The first kappa shape index (κ1) is 18.2. The van der Waals surface area contributed by atoms with Crippen LogP contribution in [0, 0.1) is 0 Å². The highest BCUT2D eigenvalue weighted by molar-refractivity contribution is 6.00. The molecule has 0 aliphatic carbocycles. The Morgan fingerprint density at radius 3 is 2.56 bits per heavy atom. The molecule has 138 valence electrons. The Hall–Kier alpha value is -3.61. The number of nitrogens with zero attached hydrogens (tertiary/aromatic N) is 2. The Morgan fingerprint density at radius 2 is 1.85 bits per heavy atom. The van der Waals surface area contributed by atoms with Crippen LogP contribution in [0.25, 0.3) is 11.3 Å². The van der Waals surface area contributed by atoms with Crippen molar-refractivity contribution in [2.24, 2.45) is 5.10 Å². The second-order valence-corrected chi connectivity index (χ2v) is 5.74. The Balaban J connectivity index is 1.77. The monoisotopic (exact) mass is 364 g/mol. The molecule has 3 aromatic rings. The first-order chi connectivity index (χ1) is 13.1. The van der Waals surface area contributed by atoms with Gasteiger partial charge in [0.2, 0.25) is 0 Å². The number of aromatic amines is 1. The van der Waals surface area contributed by atoms with Crippen molar-refractivity contribution in [3.05, 3.63) is 65.9 Å². The van der Waals surface area contributed by atoms with Crippen molar-refractivity contribution in [2.45, 2.75) is 6.92 Å². The molecule has 0 atom stereocenters. The molecule has 1 aromatic heterocycles. The molecule has 0 unspecified atom stereocenters. The minimum Gasteiger partial charge on any atom is -0.497 e. The van der Waals surface area contributed by atoms with Crippen molar-refractivity contribution in [3.63, 3.8) is 0 Å². The third-order valence-corrected chi connectivity index (χ3v) is 4.02. The van der Waals surface area contributed by atoms with Gasteiger partial charge in [0.15, 0.2) is 0 Å². The highest BCUT2D eigenvalue weighted by Crippen LogP contribution is 2.32. The van der Waals surface area contributed by atoms with Crippen LogP contribution in [0.15, 0.2) is 59.7 Å². The minimum atomic E-state index is -0.378. The number of carbonyl (C=O) groups excluding carboxylic acids is 1. The topological polar surface area (TPSA) is 88.6 Å². The lowest BCUT2D eigenvalue weighted by atomic mass is 10.1. The molecule has 3 rings (SSSR count). The third kappa shape index (κ3) is 4.14. The zero-order valence-electron chi connectivity index (χ0n) is 15.3. The van der Waals surface area contributed by atoms with Crippen LogP contribution in [-0.2, 0) is 0 Å². The summed E-state index contributed by atoms with van der Waals surface area (Å²) in [6.07, 6.45) is 0. The Bertz CT molecular complexity index is 964. The summed E-state index contributed by atoms with van der Waals surface area (Å²) in [4.78, 5) is 12.3. The highest BCUT2D eigenvalue weighted by atomic mass is 16.5. The average molecular weight is 364 g/mol. The molecular weight excluding hydrogens is 344 g/mol. The van der Waals surface area contributed by atoms with E-state index in [4.69, 9.17) is 9.47 Å². The van der Waals surface area contributed by atoms with Gasteiger partial charge in [-0.2, -0.15) is 10.2 Å². The molecule has 2 aromatic carbocycles. The molecule has 0 bridgehead atoms. The van der Waals surface area contributed by atoms with Crippen molar-refractivity contribution in [2.75, 3.05) is 14.2 Å². The number of hydrazone groups is 1. The summed E-state index contributed by atoms with van der Waals surface area (Å²) >= 11 is 0. The van der Waals surface area contributed by atoms with E-state index in [2.05, 4.69) is 20.7 Å². The normalized spacial score (nSPS) is 11.1. The van der Waals surface area contributed by atoms with E-state index in [1.165, 1.54) is 0 Å². The Labute approximate surface area is 157 Å². The van der Waals surface area contributed by atoms with E-state index in [-0.39, 0.29) is 5.91 Å². The van der Waals surface area contributed by atoms with Gasteiger partial charge in [0.1, 0.15) is 17.2 Å². The molecule has 7 nitrogen and oxygen atoms in total. The van der Waals surface area contributed by atoms with Crippen LogP contribution in [0.4, 0.5) is 0 Å². The maximum absolute atomic E-state index is 12.3. The zero-order chi connectivity index (χ0) is 19.2. The number of H-pyrrole nitrogens is 1. The number of rotatable bonds is 6.